The molecule has 9 heteroatoms. The second-order valence-electron chi connectivity index (χ2n) is 7.10. The van der Waals surface area contributed by atoms with E-state index in [0.29, 0.717) is 22.7 Å². The lowest BCUT2D eigenvalue weighted by Gasteiger charge is -2.23. The number of imide groups is 1. The van der Waals surface area contributed by atoms with Gasteiger partial charge in [0.25, 0.3) is 10.0 Å². The van der Waals surface area contributed by atoms with E-state index < -0.39 is 22.1 Å². The van der Waals surface area contributed by atoms with Crippen LogP contribution in [0.3, 0.4) is 0 Å². The molecule has 0 radical (unpaired) electrons. The molecule has 176 valence electrons. The van der Waals surface area contributed by atoms with Crippen LogP contribution in [0, 0.1) is 0 Å². The Kier molecular flexibility index (Phi) is 8.05. The Morgan fingerprint density at radius 2 is 1.38 bits per heavy atom. The zero-order valence-electron chi connectivity index (χ0n) is 18.8. The van der Waals surface area contributed by atoms with Crippen molar-refractivity contribution in [1.82, 2.24) is 4.31 Å². The summed E-state index contributed by atoms with van der Waals surface area (Å²) in [5.74, 6) is 0.544. The van der Waals surface area contributed by atoms with Gasteiger partial charge in [-0.1, -0.05) is 55.5 Å². The lowest BCUT2D eigenvalue weighted by molar-refractivity contribution is 0.222. The highest BCUT2D eigenvalue weighted by Crippen LogP contribution is 2.24. The summed E-state index contributed by atoms with van der Waals surface area (Å²) in [5.41, 5.74) is 1.23. The van der Waals surface area contributed by atoms with E-state index in [1.54, 1.807) is 91.9 Å². The molecule has 0 fully saturated rings. The molecule has 4 amide bonds. The number of methoxy groups -OCH3 is 1. The molecule has 3 rings (SSSR count). The fourth-order valence-corrected chi connectivity index (χ4v) is 4.51. The number of hydrogen-bond acceptors (Lipinski definition) is 5. The van der Waals surface area contributed by atoms with Crippen LogP contribution in [0.15, 0.2) is 89.8 Å². The van der Waals surface area contributed by atoms with Crippen molar-refractivity contribution in [2.45, 2.75) is 13.3 Å². The number of nitrogens with one attached hydrogen (secondary N) is 2. The number of urea groups is 2. The molecule has 2 N–H and O–H groups in total. The quantitative estimate of drug-likeness (QED) is 0.463. The number of amides is 4. The number of carbonyl (C=O) groups is 2. The van der Waals surface area contributed by atoms with Crippen LogP contribution in [0.5, 0.6) is 5.75 Å². The van der Waals surface area contributed by atoms with E-state index in [-0.39, 0.29) is 15.6 Å². The number of hydrogen-bond donors (Lipinski definition) is 2. The van der Waals surface area contributed by atoms with Crippen LogP contribution in [0.25, 0.3) is 6.08 Å². The number of anilines is 2. The van der Waals surface area contributed by atoms with Crippen LogP contribution < -0.4 is 15.4 Å². The van der Waals surface area contributed by atoms with Crippen molar-refractivity contribution >= 4 is 39.5 Å². The molecule has 3 aromatic carbocycles. The van der Waals surface area contributed by atoms with Gasteiger partial charge in [0.15, 0.2) is 0 Å². The molecule has 0 aromatic heterocycles. The van der Waals surface area contributed by atoms with Gasteiger partial charge in [-0.3, -0.25) is 0 Å². The van der Waals surface area contributed by atoms with Crippen molar-refractivity contribution < 1.29 is 22.7 Å². The Hall–Kier alpha value is -4.11. The summed E-state index contributed by atoms with van der Waals surface area (Å²) in [6, 6.07) is 21.1. The Bertz CT molecular complexity index is 1220. The van der Waals surface area contributed by atoms with Gasteiger partial charge in [0.2, 0.25) is 0 Å². The molecular formula is C25H25N3O5S. The minimum Gasteiger partial charge on any atom is -0.497 e. The third kappa shape index (κ3) is 6.02. The van der Waals surface area contributed by atoms with Crippen LogP contribution in [0.2, 0.25) is 0 Å². The van der Waals surface area contributed by atoms with Gasteiger partial charge < -0.3 is 15.4 Å². The smallest absolute Gasteiger partial charge is 0.344 e. The van der Waals surface area contributed by atoms with E-state index >= 15 is 0 Å². The average Bonchev–Trinajstić information content (AvgIpc) is 2.83. The third-order valence-electron chi connectivity index (χ3n) is 4.76. The fourth-order valence-electron chi connectivity index (χ4n) is 3.10. The van der Waals surface area contributed by atoms with Crippen LogP contribution in [0.1, 0.15) is 18.9 Å². The lowest BCUT2D eigenvalue weighted by Crippen LogP contribution is -2.46. The molecule has 0 saturated heterocycles. The molecule has 0 heterocycles. The number of benzene rings is 3. The van der Waals surface area contributed by atoms with E-state index in [4.69, 9.17) is 4.74 Å². The summed E-state index contributed by atoms with van der Waals surface area (Å²) in [5, 5.41) is 4.95. The number of ether oxygens (including phenoxy) is 1. The molecule has 0 atom stereocenters. The Balaban J connectivity index is 2.01. The van der Waals surface area contributed by atoms with Gasteiger partial charge in [-0.2, -0.15) is 0 Å². The largest absolute Gasteiger partial charge is 0.497 e. The fraction of sp³-hybridized carbons (Fsp3) is 0.120. The molecule has 0 aliphatic carbocycles. The first-order valence-electron chi connectivity index (χ1n) is 10.5. The van der Waals surface area contributed by atoms with E-state index in [2.05, 4.69) is 10.6 Å². The predicted molar refractivity (Wildman–Crippen MR) is 133 cm³/mol. The number of sulfonamides is 1. The second-order valence-corrected chi connectivity index (χ2v) is 8.94. The third-order valence-corrected chi connectivity index (χ3v) is 6.64. The topological polar surface area (TPSA) is 105 Å². The van der Waals surface area contributed by atoms with Gasteiger partial charge in [0.1, 0.15) is 5.75 Å². The minimum atomic E-state index is -4.54. The standard InChI is InChI=1S/C25H25N3O5S/c1-3-23(18-19-11-10-16-22(17-19)33-2)34(31,32)28(24(29)26-20-12-6-4-7-13-20)25(30)27-21-14-8-5-9-15-21/h4-18H,3H2,1-2H3,(H,26,29)(H,27,30)/b23-18+. The monoisotopic (exact) mass is 479 g/mol. The van der Waals surface area contributed by atoms with E-state index in [9.17, 15) is 18.0 Å². The first-order valence-corrected chi connectivity index (χ1v) is 11.9. The maximum atomic E-state index is 13.6. The highest BCUT2D eigenvalue weighted by molar-refractivity contribution is 7.94. The number of nitrogens with zero attached hydrogens (tertiary/aromatic N) is 1. The van der Waals surface area contributed by atoms with Crippen LogP contribution in [-0.2, 0) is 10.0 Å². The van der Waals surface area contributed by atoms with Crippen molar-refractivity contribution in [3.63, 3.8) is 0 Å². The first kappa shape index (κ1) is 24.5. The lowest BCUT2D eigenvalue weighted by atomic mass is 10.2. The predicted octanol–water partition coefficient (Wildman–Crippen LogP) is 5.54. The van der Waals surface area contributed by atoms with Gasteiger partial charge in [0.05, 0.1) is 12.0 Å². The van der Waals surface area contributed by atoms with Gasteiger partial charge in [-0.25, -0.2) is 18.0 Å². The molecule has 0 unspecified atom stereocenters. The Labute approximate surface area is 198 Å². The second kappa shape index (κ2) is 11.2. The van der Waals surface area contributed by atoms with Gasteiger partial charge in [-0.05, 0) is 54.5 Å². The van der Waals surface area contributed by atoms with Crippen molar-refractivity contribution in [2.24, 2.45) is 0 Å². The van der Waals surface area contributed by atoms with Crippen molar-refractivity contribution in [3.05, 3.63) is 95.4 Å². The number of carbonyl (C=O) groups excluding carboxylic acids is 2. The molecule has 3 aromatic rings. The normalized spacial score (nSPS) is 11.4. The molecule has 0 aliphatic rings. The molecular weight excluding hydrogens is 454 g/mol. The molecule has 0 aliphatic heterocycles. The number of rotatable bonds is 7. The zero-order valence-corrected chi connectivity index (χ0v) is 19.6. The number of allylic oxidation sites excluding steroid dienone is 1. The summed E-state index contributed by atoms with van der Waals surface area (Å²) in [7, 11) is -3.04. The molecule has 8 nitrogen and oxygen atoms in total. The summed E-state index contributed by atoms with van der Waals surface area (Å²) < 4.78 is 32.6. The first-order chi connectivity index (χ1) is 16.3. The summed E-state index contributed by atoms with van der Waals surface area (Å²) in [6.07, 6.45) is 1.46. The van der Waals surface area contributed by atoms with Gasteiger partial charge in [0, 0.05) is 11.4 Å². The highest BCUT2D eigenvalue weighted by atomic mass is 32.2. The van der Waals surface area contributed by atoms with Gasteiger partial charge >= 0.3 is 12.1 Å². The van der Waals surface area contributed by atoms with E-state index in [0.717, 1.165) is 0 Å². The molecule has 0 spiro atoms. The van der Waals surface area contributed by atoms with Crippen molar-refractivity contribution in [3.8, 4) is 5.75 Å². The number of para-hydroxylation sites is 2. The SMILES string of the molecule is CC/C(=C\c1cccc(OC)c1)S(=O)(=O)N(C(=O)Nc1ccccc1)C(=O)Nc1ccccc1. The zero-order chi connectivity index (χ0) is 24.6. The Morgan fingerprint density at radius 1 is 0.853 bits per heavy atom. The van der Waals surface area contributed by atoms with Crippen LogP contribution in [0.4, 0.5) is 21.0 Å². The Morgan fingerprint density at radius 3 is 1.85 bits per heavy atom. The van der Waals surface area contributed by atoms with Crippen molar-refractivity contribution in [2.75, 3.05) is 17.7 Å². The van der Waals surface area contributed by atoms with Crippen LogP contribution >= 0.6 is 0 Å². The molecule has 0 saturated carbocycles. The van der Waals surface area contributed by atoms with E-state index in [1.165, 1.54) is 13.2 Å². The summed E-state index contributed by atoms with van der Waals surface area (Å²) in [4.78, 5) is 26.1. The maximum absolute atomic E-state index is 13.6. The molecule has 0 bridgehead atoms. The summed E-state index contributed by atoms with van der Waals surface area (Å²) >= 11 is 0. The van der Waals surface area contributed by atoms with Gasteiger partial charge in [-0.15, -0.1) is 4.31 Å². The van der Waals surface area contributed by atoms with E-state index in [1.807, 2.05) is 0 Å². The molecule has 34 heavy (non-hydrogen) atoms. The maximum Gasteiger partial charge on any atom is 0.344 e. The van der Waals surface area contributed by atoms with Crippen LogP contribution in [-0.4, -0.2) is 31.9 Å². The summed E-state index contributed by atoms with van der Waals surface area (Å²) in [6.45, 7) is 1.63. The minimum absolute atomic E-state index is 0.0489. The average molecular weight is 480 g/mol. The highest BCUT2D eigenvalue weighted by Gasteiger charge is 2.36. The van der Waals surface area contributed by atoms with Crippen molar-refractivity contribution in [1.29, 1.82) is 0 Å².